The van der Waals surface area contributed by atoms with Crippen molar-refractivity contribution in [2.75, 3.05) is 25.6 Å². The number of pyridine rings is 1. The molecule has 1 aromatic heterocycles. The summed E-state index contributed by atoms with van der Waals surface area (Å²) in [4.78, 5) is 16.6. The fourth-order valence-electron chi connectivity index (χ4n) is 2.27. The molecule has 0 bridgehead atoms. The molecule has 2 N–H and O–H groups in total. The number of aromatic nitrogens is 1. The molecule has 1 saturated heterocycles. The predicted molar refractivity (Wildman–Crippen MR) is 67.4 cm³/mol. The van der Waals surface area contributed by atoms with Crippen molar-refractivity contribution < 1.29 is 14.3 Å². The Hall–Kier alpha value is -1.46. The van der Waals surface area contributed by atoms with Crippen molar-refractivity contribution in [3.8, 4) is 0 Å². The number of Topliss-reactive ketones (excluding diaryl/α,β-unsaturated/α-hetero) is 1. The van der Waals surface area contributed by atoms with Gasteiger partial charge in [-0.3, -0.25) is 4.79 Å². The lowest BCUT2D eigenvalue weighted by Gasteiger charge is -2.35. The molecule has 1 aliphatic rings. The average Bonchev–Trinajstić information content (AvgIpc) is 2.40. The van der Waals surface area contributed by atoms with Gasteiger partial charge in [-0.25, -0.2) is 4.98 Å². The third kappa shape index (κ3) is 2.37. The van der Waals surface area contributed by atoms with Crippen LogP contribution in [0.2, 0.25) is 0 Å². The number of ether oxygens (including phenoxy) is 2. The summed E-state index contributed by atoms with van der Waals surface area (Å²) >= 11 is 0. The van der Waals surface area contributed by atoms with Crippen LogP contribution in [0.5, 0.6) is 0 Å². The van der Waals surface area contributed by atoms with Crippen molar-refractivity contribution in [1.82, 2.24) is 4.98 Å². The molecule has 2 rings (SSSR count). The largest absolute Gasteiger partial charge is 0.383 e. The van der Waals surface area contributed by atoms with Crippen molar-refractivity contribution in [2.24, 2.45) is 0 Å². The standard InChI is InChI=1S/C13H18N2O3/c1-2-18-13(5-8-17-9-6-13)11(16)10-4-3-7-15-12(10)14/h3-4,7H,2,5-6,8-9H2,1H3,(H2,14,15). The number of ketones is 1. The summed E-state index contributed by atoms with van der Waals surface area (Å²) in [5, 5.41) is 0. The van der Waals surface area contributed by atoms with Gasteiger partial charge in [-0.05, 0) is 19.1 Å². The van der Waals surface area contributed by atoms with Crippen molar-refractivity contribution in [3.63, 3.8) is 0 Å². The molecule has 0 atom stereocenters. The highest BCUT2D eigenvalue weighted by atomic mass is 16.5. The quantitative estimate of drug-likeness (QED) is 0.818. The van der Waals surface area contributed by atoms with Crippen molar-refractivity contribution >= 4 is 11.6 Å². The molecule has 5 heteroatoms. The lowest BCUT2D eigenvalue weighted by Crippen LogP contribution is -2.46. The van der Waals surface area contributed by atoms with Crippen molar-refractivity contribution in [2.45, 2.75) is 25.4 Å². The normalized spacial score (nSPS) is 18.5. The fraction of sp³-hybridized carbons (Fsp3) is 0.538. The molecule has 0 aliphatic carbocycles. The van der Waals surface area contributed by atoms with Gasteiger partial charge in [0.25, 0.3) is 0 Å². The van der Waals surface area contributed by atoms with Gasteiger partial charge in [0, 0.05) is 38.9 Å². The van der Waals surface area contributed by atoms with Gasteiger partial charge in [-0.1, -0.05) is 0 Å². The first-order valence-corrected chi connectivity index (χ1v) is 6.16. The molecule has 98 valence electrons. The number of nitrogens with zero attached hydrogens (tertiary/aromatic N) is 1. The van der Waals surface area contributed by atoms with Crippen LogP contribution in [0.15, 0.2) is 18.3 Å². The molecule has 0 amide bonds. The zero-order valence-corrected chi connectivity index (χ0v) is 10.5. The van der Waals surface area contributed by atoms with E-state index in [1.165, 1.54) is 0 Å². The topological polar surface area (TPSA) is 74.4 Å². The van der Waals surface area contributed by atoms with Gasteiger partial charge in [0.05, 0.1) is 5.56 Å². The Morgan fingerprint density at radius 2 is 2.28 bits per heavy atom. The van der Waals surface area contributed by atoms with E-state index < -0.39 is 5.60 Å². The summed E-state index contributed by atoms with van der Waals surface area (Å²) in [5.41, 5.74) is 5.40. The minimum atomic E-state index is -0.801. The molecule has 0 saturated carbocycles. The third-order valence-electron chi connectivity index (χ3n) is 3.22. The second-order valence-corrected chi connectivity index (χ2v) is 4.31. The fourth-order valence-corrected chi connectivity index (χ4v) is 2.27. The number of carbonyl (C=O) groups is 1. The number of nitrogens with two attached hydrogens (primary N) is 1. The summed E-state index contributed by atoms with van der Waals surface area (Å²) < 4.78 is 11.0. The first-order chi connectivity index (χ1) is 8.69. The molecular formula is C13H18N2O3. The summed E-state index contributed by atoms with van der Waals surface area (Å²) in [6.07, 6.45) is 2.70. The SMILES string of the molecule is CCOC1(C(=O)c2cccnc2N)CCOCC1. The number of rotatable bonds is 4. The molecular weight excluding hydrogens is 232 g/mol. The molecule has 0 aromatic carbocycles. The van der Waals surface area contributed by atoms with E-state index in [0.29, 0.717) is 38.2 Å². The van der Waals surface area contributed by atoms with E-state index in [1.54, 1.807) is 18.3 Å². The van der Waals surface area contributed by atoms with Gasteiger partial charge < -0.3 is 15.2 Å². The van der Waals surface area contributed by atoms with E-state index in [-0.39, 0.29) is 11.6 Å². The molecule has 0 unspecified atom stereocenters. The summed E-state index contributed by atoms with van der Waals surface area (Å²) in [6.45, 7) is 3.45. The Bertz CT molecular complexity index is 422. The molecule has 18 heavy (non-hydrogen) atoms. The van der Waals surface area contributed by atoms with Gasteiger partial charge in [0.15, 0.2) is 5.78 Å². The molecule has 1 aromatic rings. The lowest BCUT2D eigenvalue weighted by atomic mass is 9.85. The van der Waals surface area contributed by atoms with Crippen LogP contribution in [-0.4, -0.2) is 36.2 Å². The summed E-state index contributed by atoms with van der Waals surface area (Å²) in [5.74, 6) is 0.173. The van der Waals surface area contributed by atoms with E-state index in [1.807, 2.05) is 6.92 Å². The average molecular weight is 250 g/mol. The Morgan fingerprint density at radius 3 is 2.89 bits per heavy atom. The zero-order chi connectivity index (χ0) is 13.0. The first-order valence-electron chi connectivity index (χ1n) is 6.16. The smallest absolute Gasteiger partial charge is 0.198 e. The molecule has 2 heterocycles. The maximum absolute atomic E-state index is 12.6. The van der Waals surface area contributed by atoms with Crippen LogP contribution >= 0.6 is 0 Å². The Labute approximate surface area is 106 Å². The van der Waals surface area contributed by atoms with Crippen molar-refractivity contribution in [3.05, 3.63) is 23.9 Å². The van der Waals surface area contributed by atoms with Crippen LogP contribution < -0.4 is 5.73 Å². The molecule has 1 aliphatic heterocycles. The molecule has 5 nitrogen and oxygen atoms in total. The Kier molecular flexibility index (Phi) is 3.93. The maximum atomic E-state index is 12.6. The number of hydrogen-bond acceptors (Lipinski definition) is 5. The first kappa shape index (κ1) is 13.0. The number of nitrogen functional groups attached to an aromatic ring is 1. The van der Waals surface area contributed by atoms with E-state index >= 15 is 0 Å². The van der Waals surface area contributed by atoms with Crippen LogP contribution in [0.3, 0.4) is 0 Å². The highest BCUT2D eigenvalue weighted by molar-refractivity contribution is 6.05. The summed E-state index contributed by atoms with van der Waals surface area (Å²) in [6, 6.07) is 3.41. The second-order valence-electron chi connectivity index (χ2n) is 4.31. The van der Waals surface area contributed by atoms with Crippen LogP contribution in [0.4, 0.5) is 5.82 Å². The van der Waals surface area contributed by atoms with E-state index in [0.717, 1.165) is 0 Å². The molecule has 1 fully saturated rings. The Balaban J connectivity index is 2.31. The third-order valence-corrected chi connectivity index (χ3v) is 3.22. The predicted octanol–water partition coefficient (Wildman–Crippen LogP) is 1.43. The van der Waals surface area contributed by atoms with Crippen LogP contribution in [0.25, 0.3) is 0 Å². The maximum Gasteiger partial charge on any atom is 0.198 e. The minimum absolute atomic E-state index is 0.0850. The van der Waals surface area contributed by atoms with Crippen LogP contribution in [0.1, 0.15) is 30.1 Å². The van der Waals surface area contributed by atoms with Gasteiger partial charge in [0.2, 0.25) is 0 Å². The van der Waals surface area contributed by atoms with Crippen molar-refractivity contribution in [1.29, 1.82) is 0 Å². The van der Waals surface area contributed by atoms with Gasteiger partial charge in [-0.2, -0.15) is 0 Å². The monoisotopic (exact) mass is 250 g/mol. The zero-order valence-electron chi connectivity index (χ0n) is 10.5. The van der Waals surface area contributed by atoms with E-state index in [2.05, 4.69) is 4.98 Å². The van der Waals surface area contributed by atoms with Gasteiger partial charge >= 0.3 is 0 Å². The Morgan fingerprint density at radius 1 is 1.56 bits per heavy atom. The minimum Gasteiger partial charge on any atom is -0.383 e. The van der Waals surface area contributed by atoms with E-state index in [4.69, 9.17) is 15.2 Å². The van der Waals surface area contributed by atoms with Gasteiger partial charge in [0.1, 0.15) is 11.4 Å². The highest BCUT2D eigenvalue weighted by Crippen LogP contribution is 2.30. The number of carbonyl (C=O) groups excluding carboxylic acids is 1. The molecule has 0 spiro atoms. The number of hydrogen-bond donors (Lipinski definition) is 1. The number of anilines is 1. The summed E-state index contributed by atoms with van der Waals surface area (Å²) in [7, 11) is 0. The van der Waals surface area contributed by atoms with E-state index in [9.17, 15) is 4.79 Å². The molecule has 0 radical (unpaired) electrons. The van der Waals surface area contributed by atoms with Gasteiger partial charge in [-0.15, -0.1) is 0 Å². The second kappa shape index (κ2) is 5.46. The highest BCUT2D eigenvalue weighted by Gasteiger charge is 2.42. The van der Waals surface area contributed by atoms with Crippen LogP contribution in [0, 0.1) is 0 Å². The van der Waals surface area contributed by atoms with Crippen LogP contribution in [-0.2, 0) is 9.47 Å². The lowest BCUT2D eigenvalue weighted by molar-refractivity contribution is -0.0821.